The van der Waals surface area contributed by atoms with Crippen molar-refractivity contribution in [2.45, 2.75) is 13.8 Å². The van der Waals surface area contributed by atoms with Gasteiger partial charge in [0.05, 0.1) is 32.1 Å². The first-order valence-corrected chi connectivity index (χ1v) is 6.76. The van der Waals surface area contributed by atoms with Crippen LogP contribution in [0.1, 0.15) is 24.2 Å². The van der Waals surface area contributed by atoms with E-state index in [1.807, 2.05) is 0 Å². The van der Waals surface area contributed by atoms with Gasteiger partial charge in [-0.05, 0) is 12.0 Å². The number of nitrogens with two attached hydrogens (primary N) is 1. The lowest BCUT2D eigenvalue weighted by Gasteiger charge is -2.12. The molecule has 0 aliphatic heterocycles. The molecule has 2 N–H and O–H groups in total. The second-order valence-corrected chi connectivity index (χ2v) is 4.90. The lowest BCUT2D eigenvalue weighted by atomic mass is 10.1. The molecular weight excluding hydrogens is 274 g/mol. The van der Waals surface area contributed by atoms with Crippen LogP contribution in [-0.2, 0) is 9.47 Å². The quantitative estimate of drug-likeness (QED) is 0.450. The summed E-state index contributed by atoms with van der Waals surface area (Å²) < 4.78 is 20.7. The third-order valence-electron chi connectivity index (χ3n) is 2.70. The Bertz CT molecular complexity index is 473. The summed E-state index contributed by atoms with van der Waals surface area (Å²) in [7, 11) is 2.97. The molecule has 118 valence electrons. The number of esters is 1. The van der Waals surface area contributed by atoms with Crippen molar-refractivity contribution in [3.63, 3.8) is 0 Å². The average molecular weight is 297 g/mol. The van der Waals surface area contributed by atoms with Gasteiger partial charge in [0.15, 0.2) is 0 Å². The minimum Gasteiger partial charge on any atom is -0.497 e. The van der Waals surface area contributed by atoms with Crippen molar-refractivity contribution in [1.29, 1.82) is 0 Å². The topological polar surface area (TPSA) is 80.0 Å². The summed E-state index contributed by atoms with van der Waals surface area (Å²) in [5, 5.41) is 0. The zero-order valence-corrected chi connectivity index (χ0v) is 13.0. The Hall–Kier alpha value is -1.95. The predicted octanol–water partition coefficient (Wildman–Crippen LogP) is 2.12. The van der Waals surface area contributed by atoms with Gasteiger partial charge in [0.1, 0.15) is 18.1 Å². The molecule has 0 aromatic heterocycles. The third kappa shape index (κ3) is 5.15. The van der Waals surface area contributed by atoms with Crippen LogP contribution in [0.25, 0.3) is 0 Å². The van der Waals surface area contributed by atoms with Gasteiger partial charge in [-0.15, -0.1) is 0 Å². The third-order valence-corrected chi connectivity index (χ3v) is 2.70. The molecule has 0 spiro atoms. The lowest BCUT2D eigenvalue weighted by molar-refractivity contribution is 0.0278. The minimum absolute atomic E-state index is 0.171. The fraction of sp³-hybridized carbons (Fsp3) is 0.533. The molecule has 6 heteroatoms. The zero-order valence-electron chi connectivity index (χ0n) is 13.0. The van der Waals surface area contributed by atoms with Crippen LogP contribution < -0.4 is 15.2 Å². The number of hydrogen-bond donors (Lipinski definition) is 1. The maximum atomic E-state index is 12.0. The van der Waals surface area contributed by atoms with Crippen LogP contribution >= 0.6 is 0 Å². The fourth-order valence-electron chi connectivity index (χ4n) is 1.65. The first-order valence-electron chi connectivity index (χ1n) is 6.76. The van der Waals surface area contributed by atoms with Crippen LogP contribution in [-0.4, -0.2) is 40.0 Å². The number of rotatable bonds is 8. The van der Waals surface area contributed by atoms with Crippen LogP contribution in [0.15, 0.2) is 12.1 Å². The molecule has 0 bridgehead atoms. The van der Waals surface area contributed by atoms with Gasteiger partial charge in [0.2, 0.25) is 0 Å². The van der Waals surface area contributed by atoms with Gasteiger partial charge in [-0.3, -0.25) is 0 Å². The summed E-state index contributed by atoms with van der Waals surface area (Å²) in [6.45, 7) is 5.26. The highest BCUT2D eigenvalue weighted by molar-refractivity contribution is 5.97. The van der Waals surface area contributed by atoms with E-state index in [1.54, 1.807) is 6.07 Å². The molecule has 1 aromatic rings. The number of nitrogen functional groups attached to an aromatic ring is 1. The molecule has 1 aromatic carbocycles. The summed E-state index contributed by atoms with van der Waals surface area (Å²) in [4.78, 5) is 12.0. The largest absolute Gasteiger partial charge is 0.497 e. The Kier molecular flexibility index (Phi) is 6.81. The van der Waals surface area contributed by atoms with E-state index in [-0.39, 0.29) is 17.9 Å². The van der Waals surface area contributed by atoms with E-state index in [2.05, 4.69) is 13.8 Å². The van der Waals surface area contributed by atoms with Gasteiger partial charge in [-0.1, -0.05) is 13.8 Å². The van der Waals surface area contributed by atoms with Crippen LogP contribution in [0.3, 0.4) is 0 Å². The number of anilines is 1. The molecule has 0 aliphatic rings. The Labute approximate surface area is 125 Å². The summed E-state index contributed by atoms with van der Waals surface area (Å²) in [5.41, 5.74) is 6.32. The van der Waals surface area contributed by atoms with Crippen molar-refractivity contribution in [2.24, 2.45) is 5.92 Å². The number of ether oxygens (including phenoxy) is 4. The number of hydrogen-bond acceptors (Lipinski definition) is 6. The van der Waals surface area contributed by atoms with Gasteiger partial charge in [0.25, 0.3) is 0 Å². The van der Waals surface area contributed by atoms with Crippen LogP contribution in [0.4, 0.5) is 5.69 Å². The van der Waals surface area contributed by atoms with Gasteiger partial charge >= 0.3 is 5.97 Å². The van der Waals surface area contributed by atoms with E-state index < -0.39 is 5.97 Å². The van der Waals surface area contributed by atoms with Crippen LogP contribution in [0.2, 0.25) is 0 Å². The Balaban J connectivity index is 2.65. The molecule has 0 aliphatic carbocycles. The highest BCUT2D eigenvalue weighted by Crippen LogP contribution is 2.31. The molecule has 21 heavy (non-hydrogen) atoms. The van der Waals surface area contributed by atoms with E-state index in [0.29, 0.717) is 30.6 Å². The van der Waals surface area contributed by atoms with Crippen molar-refractivity contribution < 1.29 is 23.7 Å². The number of methoxy groups -OCH3 is 2. The minimum atomic E-state index is -0.530. The molecule has 0 saturated heterocycles. The Morgan fingerprint density at radius 2 is 1.90 bits per heavy atom. The van der Waals surface area contributed by atoms with Crippen LogP contribution in [0, 0.1) is 5.92 Å². The number of carbonyl (C=O) groups is 1. The standard InChI is InChI=1S/C15H23NO5/c1-10(2)9-20-5-6-21-15(17)12-7-11(18-3)8-13(19-4)14(12)16/h7-8,10H,5-6,9,16H2,1-4H3. The summed E-state index contributed by atoms with van der Waals surface area (Å²) in [6, 6.07) is 3.13. The van der Waals surface area contributed by atoms with Crippen molar-refractivity contribution in [2.75, 3.05) is 39.8 Å². The van der Waals surface area contributed by atoms with E-state index >= 15 is 0 Å². The normalized spacial score (nSPS) is 10.5. The molecule has 0 unspecified atom stereocenters. The van der Waals surface area contributed by atoms with Crippen molar-refractivity contribution in [3.8, 4) is 11.5 Å². The van der Waals surface area contributed by atoms with Gasteiger partial charge < -0.3 is 24.7 Å². The second-order valence-electron chi connectivity index (χ2n) is 4.90. The molecule has 0 radical (unpaired) electrons. The fourth-order valence-corrected chi connectivity index (χ4v) is 1.65. The first-order chi connectivity index (χ1) is 9.99. The summed E-state index contributed by atoms with van der Waals surface area (Å²) in [6.07, 6.45) is 0. The zero-order chi connectivity index (χ0) is 15.8. The molecule has 6 nitrogen and oxygen atoms in total. The van der Waals surface area contributed by atoms with Crippen LogP contribution in [0.5, 0.6) is 11.5 Å². The highest BCUT2D eigenvalue weighted by atomic mass is 16.6. The summed E-state index contributed by atoms with van der Waals surface area (Å²) in [5.74, 6) is 0.762. The molecule has 0 heterocycles. The van der Waals surface area contributed by atoms with Crippen molar-refractivity contribution in [3.05, 3.63) is 17.7 Å². The smallest absolute Gasteiger partial charge is 0.340 e. The van der Waals surface area contributed by atoms with E-state index in [4.69, 9.17) is 24.7 Å². The van der Waals surface area contributed by atoms with Gasteiger partial charge in [-0.25, -0.2) is 4.79 Å². The Morgan fingerprint density at radius 1 is 1.19 bits per heavy atom. The molecule has 0 amide bonds. The molecule has 0 saturated carbocycles. The monoisotopic (exact) mass is 297 g/mol. The predicted molar refractivity (Wildman–Crippen MR) is 79.9 cm³/mol. The second kappa shape index (κ2) is 8.36. The molecule has 0 atom stereocenters. The van der Waals surface area contributed by atoms with Gasteiger partial charge in [0, 0.05) is 12.7 Å². The maximum absolute atomic E-state index is 12.0. The van der Waals surface area contributed by atoms with Gasteiger partial charge in [-0.2, -0.15) is 0 Å². The average Bonchev–Trinajstić information content (AvgIpc) is 2.46. The lowest BCUT2D eigenvalue weighted by Crippen LogP contribution is -2.14. The van der Waals surface area contributed by atoms with E-state index in [0.717, 1.165) is 0 Å². The Morgan fingerprint density at radius 3 is 2.48 bits per heavy atom. The SMILES string of the molecule is COc1cc(OC)c(N)c(C(=O)OCCOCC(C)C)c1. The number of benzene rings is 1. The maximum Gasteiger partial charge on any atom is 0.340 e. The van der Waals surface area contributed by atoms with Crippen molar-refractivity contribution >= 4 is 11.7 Å². The van der Waals surface area contributed by atoms with E-state index in [1.165, 1.54) is 20.3 Å². The first kappa shape index (κ1) is 17.1. The summed E-state index contributed by atoms with van der Waals surface area (Å²) >= 11 is 0. The number of carbonyl (C=O) groups excluding carboxylic acids is 1. The molecule has 1 rings (SSSR count). The van der Waals surface area contributed by atoms with Crippen molar-refractivity contribution in [1.82, 2.24) is 0 Å². The molecular formula is C15H23NO5. The highest BCUT2D eigenvalue weighted by Gasteiger charge is 2.17. The molecule has 0 fully saturated rings. The van der Waals surface area contributed by atoms with E-state index in [9.17, 15) is 4.79 Å².